The van der Waals surface area contributed by atoms with Gasteiger partial charge in [-0.25, -0.2) is 9.59 Å². The molecule has 8 nitrogen and oxygen atoms in total. The lowest BCUT2D eigenvalue weighted by molar-refractivity contribution is -0.385. The van der Waals surface area contributed by atoms with Crippen molar-refractivity contribution in [2.75, 3.05) is 13.2 Å². The number of carbonyl (C=O) groups excluding carboxylic acids is 2. The number of unbranched alkanes of at least 4 members (excludes halogenated alkanes) is 6. The van der Waals surface area contributed by atoms with Crippen molar-refractivity contribution in [3.63, 3.8) is 0 Å². The van der Waals surface area contributed by atoms with Crippen molar-refractivity contribution in [2.24, 2.45) is 0 Å². The molecule has 0 fully saturated rings. The number of esters is 2. The Morgan fingerprint density at radius 2 is 1.53 bits per heavy atom. The third kappa shape index (κ3) is 10.0. The van der Waals surface area contributed by atoms with Gasteiger partial charge in [-0.1, -0.05) is 64.5 Å². The molecule has 0 N–H and O–H groups in total. The van der Waals surface area contributed by atoms with E-state index < -0.39 is 22.6 Å². The van der Waals surface area contributed by atoms with Gasteiger partial charge in [0.05, 0.1) is 24.2 Å². The van der Waals surface area contributed by atoms with Gasteiger partial charge in [-0.05, 0) is 18.9 Å². The molecule has 0 unspecified atom stereocenters. The molecule has 30 heavy (non-hydrogen) atoms. The lowest BCUT2D eigenvalue weighted by atomic mass is 10.2. The molecule has 1 rings (SSSR count). The molecule has 0 amide bonds. The van der Waals surface area contributed by atoms with Crippen molar-refractivity contribution in [3.8, 4) is 5.75 Å². The molecule has 0 saturated heterocycles. The lowest BCUT2D eigenvalue weighted by Gasteiger charge is -2.10. The summed E-state index contributed by atoms with van der Waals surface area (Å²) in [6.45, 7) is 4.54. The van der Waals surface area contributed by atoms with Gasteiger partial charge in [0.25, 0.3) is 0 Å². The molecule has 0 radical (unpaired) electrons. The van der Waals surface area contributed by atoms with Crippen LogP contribution in [0.15, 0.2) is 36.1 Å². The second-order valence-electron chi connectivity index (χ2n) is 6.76. The summed E-state index contributed by atoms with van der Waals surface area (Å²) in [6, 6.07) is 5.60. The number of rotatable bonds is 15. The van der Waals surface area contributed by atoms with Gasteiger partial charge in [-0.2, -0.15) is 0 Å². The minimum atomic E-state index is -0.868. The van der Waals surface area contributed by atoms with Crippen molar-refractivity contribution in [3.05, 3.63) is 46.2 Å². The molecule has 0 saturated carbocycles. The molecule has 166 valence electrons. The number of carbonyl (C=O) groups is 2. The van der Waals surface area contributed by atoms with Crippen molar-refractivity contribution < 1.29 is 28.7 Å². The Morgan fingerprint density at radius 3 is 2.13 bits per heavy atom. The fourth-order valence-electron chi connectivity index (χ4n) is 2.56. The highest BCUT2D eigenvalue weighted by atomic mass is 16.6. The van der Waals surface area contributed by atoms with Crippen LogP contribution in [0.3, 0.4) is 0 Å². The van der Waals surface area contributed by atoms with Crippen LogP contribution >= 0.6 is 0 Å². The molecule has 0 aromatic heterocycles. The third-order valence-electron chi connectivity index (χ3n) is 4.21. The van der Waals surface area contributed by atoms with Crippen LogP contribution in [0.4, 0.5) is 5.69 Å². The summed E-state index contributed by atoms with van der Waals surface area (Å²) in [6.07, 6.45) is 8.30. The van der Waals surface area contributed by atoms with Gasteiger partial charge in [-0.15, -0.1) is 0 Å². The van der Waals surface area contributed by atoms with E-state index in [0.717, 1.165) is 51.0 Å². The van der Waals surface area contributed by atoms with Gasteiger partial charge in [0.15, 0.2) is 0 Å². The van der Waals surface area contributed by atoms with E-state index in [1.54, 1.807) is 0 Å². The number of ether oxygens (including phenoxy) is 3. The number of benzene rings is 1. The summed E-state index contributed by atoms with van der Waals surface area (Å²) in [7, 11) is 0. The summed E-state index contributed by atoms with van der Waals surface area (Å²) in [5.41, 5.74) is -0.327. The zero-order valence-electron chi connectivity index (χ0n) is 17.8. The Morgan fingerprint density at radius 1 is 0.933 bits per heavy atom. The molecule has 0 heterocycles. The highest BCUT2D eigenvalue weighted by Gasteiger charge is 2.22. The minimum absolute atomic E-state index is 0.160. The van der Waals surface area contributed by atoms with E-state index >= 15 is 0 Å². The first-order chi connectivity index (χ1) is 14.5. The average molecular weight is 421 g/mol. The van der Waals surface area contributed by atoms with E-state index in [1.807, 2.05) is 0 Å². The number of hydrogen-bond donors (Lipinski definition) is 0. The van der Waals surface area contributed by atoms with Gasteiger partial charge in [0.2, 0.25) is 11.5 Å². The molecule has 0 atom stereocenters. The second kappa shape index (κ2) is 15.0. The van der Waals surface area contributed by atoms with Crippen molar-refractivity contribution in [1.29, 1.82) is 0 Å². The smallest absolute Gasteiger partial charge is 0.374 e. The van der Waals surface area contributed by atoms with Crippen molar-refractivity contribution in [2.45, 2.75) is 65.2 Å². The SMILES string of the molecule is CCCCCCOC(=O)/C=C(\Oc1ccccc1[N+](=O)[O-])C(=O)OCCCCCC. The van der Waals surface area contributed by atoms with Crippen LogP contribution in [0.2, 0.25) is 0 Å². The summed E-state index contributed by atoms with van der Waals surface area (Å²) in [4.78, 5) is 35.1. The predicted molar refractivity (Wildman–Crippen MR) is 112 cm³/mol. The van der Waals surface area contributed by atoms with Crippen molar-refractivity contribution in [1.82, 2.24) is 0 Å². The van der Waals surface area contributed by atoms with Gasteiger partial charge in [0, 0.05) is 6.07 Å². The first-order valence-electron chi connectivity index (χ1n) is 10.5. The summed E-state index contributed by atoms with van der Waals surface area (Å²) < 4.78 is 15.7. The largest absolute Gasteiger partial charge is 0.462 e. The zero-order valence-corrected chi connectivity index (χ0v) is 17.8. The van der Waals surface area contributed by atoms with Gasteiger partial charge in [0.1, 0.15) is 0 Å². The maximum absolute atomic E-state index is 12.4. The number of nitro groups is 1. The maximum Gasteiger partial charge on any atom is 0.374 e. The van der Waals surface area contributed by atoms with Crippen LogP contribution in [0, 0.1) is 10.1 Å². The van der Waals surface area contributed by atoms with Crippen LogP contribution in [0.25, 0.3) is 0 Å². The summed E-state index contributed by atoms with van der Waals surface area (Å²) >= 11 is 0. The summed E-state index contributed by atoms with van der Waals surface area (Å²) in [5, 5.41) is 11.2. The molecule has 0 aliphatic carbocycles. The first-order valence-corrected chi connectivity index (χ1v) is 10.5. The molecule has 0 spiro atoms. The van der Waals surface area contributed by atoms with E-state index in [2.05, 4.69) is 13.8 Å². The van der Waals surface area contributed by atoms with Crippen LogP contribution in [-0.2, 0) is 19.1 Å². The van der Waals surface area contributed by atoms with Crippen LogP contribution in [0.1, 0.15) is 65.2 Å². The van der Waals surface area contributed by atoms with Crippen LogP contribution in [0.5, 0.6) is 5.75 Å². The monoisotopic (exact) mass is 421 g/mol. The second-order valence-corrected chi connectivity index (χ2v) is 6.76. The highest BCUT2D eigenvalue weighted by molar-refractivity contribution is 5.95. The minimum Gasteiger partial charge on any atom is -0.462 e. The molecule has 0 aliphatic heterocycles. The third-order valence-corrected chi connectivity index (χ3v) is 4.21. The number of nitro benzene ring substituents is 1. The van der Waals surface area contributed by atoms with Crippen molar-refractivity contribution >= 4 is 17.6 Å². The van der Waals surface area contributed by atoms with E-state index in [4.69, 9.17) is 14.2 Å². The number of nitrogens with zero attached hydrogens (tertiary/aromatic N) is 1. The zero-order chi connectivity index (χ0) is 22.2. The van der Waals surface area contributed by atoms with Gasteiger partial charge >= 0.3 is 17.6 Å². The summed E-state index contributed by atoms with van der Waals surface area (Å²) in [5.74, 6) is -2.23. The predicted octanol–water partition coefficient (Wildman–Crippen LogP) is 5.10. The van der Waals surface area contributed by atoms with Gasteiger partial charge in [-0.3, -0.25) is 10.1 Å². The average Bonchev–Trinajstić information content (AvgIpc) is 2.73. The fraction of sp³-hybridized carbons (Fsp3) is 0.545. The van der Waals surface area contributed by atoms with Crippen LogP contribution < -0.4 is 4.74 Å². The molecule has 1 aromatic rings. The Labute approximate surface area is 177 Å². The molecular weight excluding hydrogens is 390 g/mol. The fourth-order valence-corrected chi connectivity index (χ4v) is 2.56. The Hall–Kier alpha value is -2.90. The van der Waals surface area contributed by atoms with E-state index in [-0.39, 0.29) is 24.7 Å². The standard InChI is InChI=1S/C22H31NO7/c1-3-5-7-11-15-28-21(24)17-20(22(25)29-16-12-8-6-4-2)30-19-14-10-9-13-18(19)23(26)27/h9-10,13-14,17H,3-8,11-12,15-16H2,1-2H3/b20-17-. The molecule has 8 heteroatoms. The molecule has 0 aliphatic rings. The Balaban J connectivity index is 2.84. The quantitative estimate of drug-likeness (QED) is 0.0968. The number of hydrogen-bond acceptors (Lipinski definition) is 7. The van der Waals surface area contributed by atoms with Crippen LogP contribution in [-0.4, -0.2) is 30.1 Å². The molecule has 0 bridgehead atoms. The van der Waals surface area contributed by atoms with E-state index in [9.17, 15) is 19.7 Å². The van der Waals surface area contributed by atoms with Gasteiger partial charge < -0.3 is 14.2 Å². The van der Waals surface area contributed by atoms with E-state index in [1.165, 1.54) is 24.3 Å². The normalized spacial score (nSPS) is 11.1. The molecular formula is C22H31NO7. The lowest BCUT2D eigenvalue weighted by Crippen LogP contribution is -2.17. The Bertz CT molecular complexity index is 715. The molecule has 1 aromatic carbocycles. The highest BCUT2D eigenvalue weighted by Crippen LogP contribution is 2.28. The first kappa shape index (κ1) is 25.1. The van der Waals surface area contributed by atoms with E-state index in [0.29, 0.717) is 6.42 Å². The number of para-hydroxylation sites is 2. The maximum atomic E-state index is 12.4. The Kier molecular flexibility index (Phi) is 12.6. The topological polar surface area (TPSA) is 105 Å².